The van der Waals surface area contributed by atoms with Crippen molar-refractivity contribution in [1.82, 2.24) is 20.1 Å². The van der Waals surface area contributed by atoms with Gasteiger partial charge in [0.2, 0.25) is 11.5 Å². The second-order valence-corrected chi connectivity index (χ2v) is 9.77. The van der Waals surface area contributed by atoms with Crippen LogP contribution in [0.25, 0.3) is 16.9 Å². The van der Waals surface area contributed by atoms with Gasteiger partial charge in [0.15, 0.2) is 0 Å². The predicted molar refractivity (Wildman–Crippen MR) is 138 cm³/mol. The van der Waals surface area contributed by atoms with Crippen LogP contribution >= 0.6 is 0 Å². The molecule has 13 heteroatoms. The third-order valence-corrected chi connectivity index (χ3v) is 7.00. The number of nitrogens with one attached hydrogen (secondary N) is 1. The number of rotatable bonds is 7. The number of alkyl halides is 3. The standard InChI is InChI=1S/C28H23F4N5O4/c1-26(25(33)39)15-41-23-20(26)11-21(36-22(23)16-7-9-18(29)10-8-16)27(40,28(30,31)32)14-34-24(38)17-12-35-37(13-17)19-5-3-2-4-6-19/h2-13,40H,14-15H2,1H3,(H2,33,39)(H,34,38)/t26-,27?/m0/s1. The van der Waals surface area contributed by atoms with E-state index in [1.165, 1.54) is 36.1 Å². The molecule has 2 aromatic carbocycles. The van der Waals surface area contributed by atoms with E-state index >= 15 is 0 Å². The average Bonchev–Trinajstić information content (AvgIpc) is 3.58. The Morgan fingerprint density at radius 1 is 1.15 bits per heavy atom. The maximum atomic E-state index is 14.5. The van der Waals surface area contributed by atoms with Crippen molar-refractivity contribution in [3.63, 3.8) is 0 Å². The minimum atomic E-state index is -5.33. The van der Waals surface area contributed by atoms with Gasteiger partial charge in [-0.2, -0.15) is 18.3 Å². The lowest BCUT2D eigenvalue weighted by atomic mass is 9.81. The van der Waals surface area contributed by atoms with Gasteiger partial charge in [0.25, 0.3) is 5.91 Å². The topological polar surface area (TPSA) is 132 Å². The first-order valence-corrected chi connectivity index (χ1v) is 12.3. The van der Waals surface area contributed by atoms with Crippen molar-refractivity contribution in [3.8, 4) is 22.7 Å². The number of primary amides is 1. The van der Waals surface area contributed by atoms with Crippen LogP contribution in [0, 0.1) is 5.82 Å². The van der Waals surface area contributed by atoms with Gasteiger partial charge < -0.3 is 20.9 Å². The van der Waals surface area contributed by atoms with Crippen LogP contribution in [0.2, 0.25) is 0 Å². The molecule has 1 aliphatic heterocycles. The molecule has 2 amide bonds. The molecule has 1 aliphatic rings. The number of amides is 2. The van der Waals surface area contributed by atoms with Crippen molar-refractivity contribution in [3.05, 3.63) is 95.7 Å². The molecule has 0 fully saturated rings. The van der Waals surface area contributed by atoms with Crippen LogP contribution in [0.5, 0.6) is 5.75 Å². The predicted octanol–water partition coefficient (Wildman–Crippen LogP) is 3.39. The molecule has 2 aromatic heterocycles. The molecule has 9 nitrogen and oxygen atoms in total. The number of para-hydroxylation sites is 1. The molecule has 0 saturated heterocycles. The molecule has 0 radical (unpaired) electrons. The summed E-state index contributed by atoms with van der Waals surface area (Å²) in [5.41, 5.74) is -0.0727. The lowest BCUT2D eigenvalue weighted by Gasteiger charge is -2.31. The van der Waals surface area contributed by atoms with Gasteiger partial charge in [0.1, 0.15) is 29.3 Å². The fraction of sp³-hybridized carbons (Fsp3) is 0.214. The Hall–Kier alpha value is -4.78. The van der Waals surface area contributed by atoms with Crippen LogP contribution in [-0.4, -0.2) is 51.0 Å². The monoisotopic (exact) mass is 569 g/mol. The normalized spacial score (nSPS) is 17.8. The molecule has 4 aromatic rings. The molecule has 2 atom stereocenters. The van der Waals surface area contributed by atoms with Crippen LogP contribution in [0.1, 0.15) is 28.5 Å². The summed E-state index contributed by atoms with van der Waals surface area (Å²) in [5, 5.41) is 17.3. The minimum Gasteiger partial charge on any atom is -0.489 e. The Morgan fingerprint density at radius 3 is 2.46 bits per heavy atom. The van der Waals surface area contributed by atoms with Crippen LogP contribution in [0.4, 0.5) is 17.6 Å². The number of carbonyl (C=O) groups is 2. The fourth-order valence-corrected chi connectivity index (χ4v) is 4.41. The first-order chi connectivity index (χ1) is 19.3. The minimum absolute atomic E-state index is 0.0245. The number of carbonyl (C=O) groups excluding carboxylic acids is 2. The highest BCUT2D eigenvalue weighted by Crippen LogP contribution is 2.47. The molecule has 3 heterocycles. The second kappa shape index (κ2) is 10.0. The summed E-state index contributed by atoms with van der Waals surface area (Å²) < 4.78 is 64.2. The molecule has 212 valence electrons. The molecule has 0 aliphatic carbocycles. The maximum Gasteiger partial charge on any atom is 0.424 e. The fourth-order valence-electron chi connectivity index (χ4n) is 4.41. The van der Waals surface area contributed by atoms with Crippen molar-refractivity contribution < 1.29 is 37.0 Å². The highest BCUT2D eigenvalue weighted by atomic mass is 19.4. The van der Waals surface area contributed by atoms with Gasteiger partial charge in [-0.1, -0.05) is 18.2 Å². The third-order valence-electron chi connectivity index (χ3n) is 7.00. The number of halogens is 4. The van der Waals surface area contributed by atoms with Gasteiger partial charge in [-0.25, -0.2) is 14.1 Å². The zero-order valence-electron chi connectivity index (χ0n) is 21.4. The quantitative estimate of drug-likeness (QED) is 0.293. The molecule has 0 saturated carbocycles. The van der Waals surface area contributed by atoms with Gasteiger partial charge in [0, 0.05) is 17.3 Å². The first kappa shape index (κ1) is 27.8. The van der Waals surface area contributed by atoms with Crippen LogP contribution in [0.15, 0.2) is 73.1 Å². The Bertz CT molecular complexity index is 1620. The summed E-state index contributed by atoms with van der Waals surface area (Å²) >= 11 is 0. The van der Waals surface area contributed by atoms with Gasteiger partial charge in [-0.3, -0.25) is 9.59 Å². The lowest BCUT2D eigenvalue weighted by molar-refractivity contribution is -0.265. The maximum absolute atomic E-state index is 14.5. The van der Waals surface area contributed by atoms with E-state index in [1.807, 2.05) is 0 Å². The molecule has 1 unspecified atom stereocenters. The lowest BCUT2D eigenvalue weighted by Crippen LogP contribution is -2.51. The van der Waals surface area contributed by atoms with E-state index in [2.05, 4.69) is 15.4 Å². The van der Waals surface area contributed by atoms with Gasteiger partial charge >= 0.3 is 6.18 Å². The Balaban J connectivity index is 1.54. The SMILES string of the molecule is C[C@]1(C(N)=O)COc2c1cc(C(O)(CNC(=O)c1cnn(-c3ccccc3)c1)C(F)(F)F)nc2-c1ccc(F)cc1. The van der Waals surface area contributed by atoms with Gasteiger partial charge in [-0.05, 0) is 49.4 Å². The van der Waals surface area contributed by atoms with Gasteiger partial charge in [-0.15, -0.1) is 0 Å². The Morgan fingerprint density at radius 2 is 1.83 bits per heavy atom. The third kappa shape index (κ3) is 4.88. The molecular weight excluding hydrogens is 546 g/mol. The van der Waals surface area contributed by atoms with E-state index in [9.17, 15) is 32.3 Å². The zero-order valence-corrected chi connectivity index (χ0v) is 21.4. The van der Waals surface area contributed by atoms with Crippen molar-refractivity contribution >= 4 is 11.8 Å². The summed E-state index contributed by atoms with van der Waals surface area (Å²) in [5.74, 6) is -2.43. The van der Waals surface area contributed by atoms with Crippen LogP contribution < -0.4 is 15.8 Å². The summed E-state index contributed by atoms with van der Waals surface area (Å²) in [4.78, 5) is 29.2. The van der Waals surface area contributed by atoms with Crippen molar-refractivity contribution in [2.75, 3.05) is 13.2 Å². The number of nitrogens with two attached hydrogens (primary N) is 1. The Kier molecular flexibility index (Phi) is 6.77. The van der Waals surface area contributed by atoms with Crippen molar-refractivity contribution in [1.29, 1.82) is 0 Å². The number of hydrogen-bond acceptors (Lipinski definition) is 6. The second-order valence-electron chi connectivity index (χ2n) is 9.77. The number of pyridine rings is 1. The Labute approximate surface area is 230 Å². The first-order valence-electron chi connectivity index (χ1n) is 12.3. The number of hydrogen-bond donors (Lipinski definition) is 3. The van der Waals surface area contributed by atoms with E-state index in [-0.39, 0.29) is 34.7 Å². The number of fused-ring (bicyclic) bond motifs is 1. The number of aromatic nitrogens is 3. The van der Waals surface area contributed by atoms with E-state index in [1.54, 1.807) is 30.3 Å². The van der Waals surface area contributed by atoms with E-state index in [0.717, 1.165) is 18.2 Å². The smallest absolute Gasteiger partial charge is 0.424 e. The largest absolute Gasteiger partial charge is 0.489 e. The number of benzene rings is 2. The molecular formula is C28H23F4N5O4. The van der Waals surface area contributed by atoms with Crippen molar-refractivity contribution in [2.24, 2.45) is 5.73 Å². The van der Waals surface area contributed by atoms with E-state index in [4.69, 9.17) is 10.5 Å². The molecule has 41 heavy (non-hydrogen) atoms. The van der Waals surface area contributed by atoms with Crippen molar-refractivity contribution in [2.45, 2.75) is 24.1 Å². The van der Waals surface area contributed by atoms with Crippen LogP contribution in [0.3, 0.4) is 0 Å². The molecule has 0 spiro atoms. The highest BCUT2D eigenvalue weighted by Gasteiger charge is 2.57. The number of aliphatic hydroxyl groups is 1. The number of ether oxygens (including phenoxy) is 1. The van der Waals surface area contributed by atoms with E-state index in [0.29, 0.717) is 5.69 Å². The molecule has 5 rings (SSSR count). The van der Waals surface area contributed by atoms with Gasteiger partial charge in [0.05, 0.1) is 29.7 Å². The summed E-state index contributed by atoms with van der Waals surface area (Å²) in [7, 11) is 0. The molecule has 0 bridgehead atoms. The summed E-state index contributed by atoms with van der Waals surface area (Å²) in [6, 6.07) is 14.3. The van der Waals surface area contributed by atoms with Crippen LogP contribution in [-0.2, 0) is 15.8 Å². The molecule has 4 N–H and O–H groups in total. The highest BCUT2D eigenvalue weighted by molar-refractivity contribution is 5.94. The number of nitrogens with zero attached hydrogens (tertiary/aromatic N) is 3. The zero-order chi connectivity index (χ0) is 29.6. The summed E-state index contributed by atoms with van der Waals surface area (Å²) in [6.45, 7) is -0.226. The van der Waals surface area contributed by atoms with E-state index < -0.39 is 47.1 Å². The summed E-state index contributed by atoms with van der Waals surface area (Å²) in [6.07, 6.45) is -2.84. The average molecular weight is 570 g/mol.